The number of carboxylic acid groups (broad SMARTS) is 1. The molecule has 0 radical (unpaired) electrons. The number of hydrogen-bond acceptors (Lipinski definition) is 5. The normalized spacial score (nSPS) is 10.7. The van der Waals surface area contributed by atoms with Gasteiger partial charge in [0.15, 0.2) is 5.78 Å². The average molecular weight is 341 g/mol. The van der Waals surface area contributed by atoms with Crippen LogP contribution >= 0.6 is 11.3 Å². The van der Waals surface area contributed by atoms with Crippen LogP contribution in [0.3, 0.4) is 0 Å². The lowest BCUT2D eigenvalue weighted by Gasteiger charge is -2.03. The molecule has 0 unspecified atom stereocenters. The molecule has 122 valence electrons. The van der Waals surface area contributed by atoms with Crippen LogP contribution in [0.5, 0.6) is 5.75 Å². The van der Waals surface area contributed by atoms with Crippen molar-refractivity contribution in [1.82, 2.24) is 4.98 Å². The van der Waals surface area contributed by atoms with E-state index in [0.29, 0.717) is 11.6 Å². The zero-order valence-corrected chi connectivity index (χ0v) is 13.8. The Kier molecular flexibility index (Phi) is 4.57. The Morgan fingerprint density at radius 2 is 1.92 bits per heavy atom. The van der Waals surface area contributed by atoms with Gasteiger partial charge in [-0.3, -0.25) is 4.79 Å². The first kappa shape index (κ1) is 16.1. The van der Waals surface area contributed by atoms with Crippen molar-refractivity contribution in [1.29, 1.82) is 0 Å². The van der Waals surface area contributed by atoms with Gasteiger partial charge in [0.25, 0.3) is 0 Å². The largest absolute Gasteiger partial charge is 0.494 e. The van der Waals surface area contributed by atoms with Crippen LogP contribution in [0.4, 0.5) is 0 Å². The van der Waals surface area contributed by atoms with Crippen LogP contribution in [0.15, 0.2) is 42.5 Å². The number of carbonyl (C=O) groups excluding carboxylic acids is 1. The maximum atomic E-state index is 12.5. The summed E-state index contributed by atoms with van der Waals surface area (Å²) in [6.45, 7) is 2.50. The Labute approximate surface area is 142 Å². The second kappa shape index (κ2) is 6.80. The number of benzene rings is 2. The summed E-state index contributed by atoms with van der Waals surface area (Å²) in [6.07, 6.45) is 0.0770. The molecule has 0 atom stereocenters. The van der Waals surface area contributed by atoms with Crippen LogP contribution in [0.1, 0.15) is 32.6 Å². The van der Waals surface area contributed by atoms with Crippen LogP contribution in [-0.2, 0) is 6.42 Å². The number of nitrogens with zero attached hydrogens (tertiary/aromatic N) is 1. The summed E-state index contributed by atoms with van der Waals surface area (Å²) >= 11 is 1.42. The van der Waals surface area contributed by atoms with Gasteiger partial charge in [-0.1, -0.05) is 18.2 Å². The Morgan fingerprint density at radius 1 is 1.17 bits per heavy atom. The molecule has 24 heavy (non-hydrogen) atoms. The summed E-state index contributed by atoms with van der Waals surface area (Å²) in [5, 5.41) is 9.85. The van der Waals surface area contributed by atoms with Crippen molar-refractivity contribution in [3.05, 3.63) is 58.6 Å². The third-order valence-electron chi connectivity index (χ3n) is 3.48. The van der Waals surface area contributed by atoms with Gasteiger partial charge in [-0.05, 0) is 31.2 Å². The van der Waals surface area contributed by atoms with Gasteiger partial charge < -0.3 is 9.84 Å². The Morgan fingerprint density at radius 3 is 2.62 bits per heavy atom. The van der Waals surface area contributed by atoms with Crippen molar-refractivity contribution in [2.45, 2.75) is 13.3 Å². The van der Waals surface area contributed by atoms with E-state index in [1.165, 1.54) is 23.5 Å². The van der Waals surface area contributed by atoms with E-state index in [1.807, 2.05) is 25.1 Å². The highest BCUT2D eigenvalue weighted by Crippen LogP contribution is 2.27. The van der Waals surface area contributed by atoms with Crippen molar-refractivity contribution in [2.24, 2.45) is 0 Å². The predicted molar refractivity (Wildman–Crippen MR) is 92.2 cm³/mol. The van der Waals surface area contributed by atoms with Crippen LogP contribution < -0.4 is 4.74 Å². The van der Waals surface area contributed by atoms with E-state index in [1.54, 1.807) is 12.1 Å². The third kappa shape index (κ3) is 3.28. The second-order valence-electron chi connectivity index (χ2n) is 5.12. The van der Waals surface area contributed by atoms with E-state index in [4.69, 9.17) is 4.74 Å². The smallest absolute Gasteiger partial charge is 0.336 e. The predicted octanol–water partition coefficient (Wildman–Crippen LogP) is 3.82. The fraction of sp³-hybridized carbons (Fsp3) is 0.167. The van der Waals surface area contributed by atoms with E-state index < -0.39 is 5.97 Å². The lowest BCUT2D eigenvalue weighted by molar-refractivity contribution is 0.0692. The van der Waals surface area contributed by atoms with Crippen molar-refractivity contribution < 1.29 is 19.4 Å². The minimum Gasteiger partial charge on any atom is -0.494 e. The first-order valence-electron chi connectivity index (χ1n) is 7.46. The van der Waals surface area contributed by atoms with Gasteiger partial charge in [0.1, 0.15) is 10.8 Å². The number of carbonyl (C=O) groups is 2. The number of carboxylic acids is 1. The first-order chi connectivity index (χ1) is 11.6. The van der Waals surface area contributed by atoms with Gasteiger partial charge in [0, 0.05) is 5.56 Å². The Hall–Kier alpha value is -2.73. The summed E-state index contributed by atoms with van der Waals surface area (Å²) in [5.41, 5.74) is 1.03. The topological polar surface area (TPSA) is 76.5 Å². The van der Waals surface area contributed by atoms with Crippen molar-refractivity contribution >= 4 is 33.3 Å². The number of rotatable bonds is 6. The summed E-state index contributed by atoms with van der Waals surface area (Å²) in [7, 11) is 0. The first-order valence-corrected chi connectivity index (χ1v) is 8.28. The maximum absolute atomic E-state index is 12.5. The van der Waals surface area contributed by atoms with Crippen LogP contribution in [0, 0.1) is 0 Å². The molecule has 0 aliphatic heterocycles. The molecular weight excluding hydrogens is 326 g/mol. The van der Waals surface area contributed by atoms with Crippen LogP contribution in [0.25, 0.3) is 10.2 Å². The number of ketones is 1. The van der Waals surface area contributed by atoms with E-state index >= 15 is 0 Å². The zero-order chi connectivity index (χ0) is 17.1. The highest BCUT2D eigenvalue weighted by atomic mass is 32.1. The van der Waals surface area contributed by atoms with E-state index in [9.17, 15) is 14.7 Å². The van der Waals surface area contributed by atoms with Crippen molar-refractivity contribution in [2.75, 3.05) is 6.61 Å². The molecule has 0 aliphatic carbocycles. The lowest BCUT2D eigenvalue weighted by Crippen LogP contribution is -2.10. The molecular formula is C18H15NO4S. The van der Waals surface area contributed by atoms with Gasteiger partial charge in [0.05, 0.1) is 28.8 Å². The molecule has 0 amide bonds. The summed E-state index contributed by atoms with van der Waals surface area (Å²) in [5.74, 6) is -0.593. The molecule has 1 aromatic heterocycles. The lowest BCUT2D eigenvalue weighted by atomic mass is 10.0. The van der Waals surface area contributed by atoms with Gasteiger partial charge in [-0.15, -0.1) is 11.3 Å². The van der Waals surface area contributed by atoms with Gasteiger partial charge >= 0.3 is 5.97 Å². The molecule has 0 saturated carbocycles. The molecule has 0 bridgehead atoms. The molecule has 6 heteroatoms. The van der Waals surface area contributed by atoms with Crippen molar-refractivity contribution in [3.8, 4) is 5.75 Å². The minimum absolute atomic E-state index is 0.0160. The molecule has 1 heterocycles. The van der Waals surface area contributed by atoms with E-state index in [0.717, 1.165) is 16.0 Å². The molecule has 2 aromatic carbocycles. The zero-order valence-electron chi connectivity index (χ0n) is 13.0. The van der Waals surface area contributed by atoms with Crippen molar-refractivity contribution in [3.63, 3.8) is 0 Å². The van der Waals surface area contributed by atoms with Crippen LogP contribution in [0.2, 0.25) is 0 Å². The van der Waals surface area contributed by atoms with Gasteiger partial charge in [0.2, 0.25) is 0 Å². The number of ether oxygens (including phenoxy) is 1. The standard InChI is InChI=1S/C18H15NO4S/c1-2-23-11-7-8-14-16(9-11)24-17(19-14)10-15(20)12-5-3-4-6-13(12)18(21)22/h3-9H,2,10H2,1H3,(H,21,22). The van der Waals surface area contributed by atoms with Gasteiger partial charge in [-0.25, -0.2) is 9.78 Å². The molecule has 0 saturated heterocycles. The molecule has 0 spiro atoms. The Bertz CT molecular complexity index is 916. The van der Waals surface area contributed by atoms with E-state index in [2.05, 4.69) is 4.98 Å². The highest BCUT2D eigenvalue weighted by molar-refractivity contribution is 7.18. The highest BCUT2D eigenvalue weighted by Gasteiger charge is 2.17. The monoisotopic (exact) mass is 341 g/mol. The number of aromatic nitrogens is 1. The second-order valence-corrected chi connectivity index (χ2v) is 6.24. The number of hydrogen-bond donors (Lipinski definition) is 1. The molecule has 3 rings (SSSR count). The molecule has 5 nitrogen and oxygen atoms in total. The summed E-state index contributed by atoms with van der Waals surface area (Å²) in [4.78, 5) is 28.2. The Balaban J connectivity index is 1.87. The third-order valence-corrected chi connectivity index (χ3v) is 4.50. The van der Waals surface area contributed by atoms with Gasteiger partial charge in [-0.2, -0.15) is 0 Å². The summed E-state index contributed by atoms with van der Waals surface area (Å²) < 4.78 is 6.40. The molecule has 1 N–H and O–H groups in total. The number of aromatic carboxylic acids is 1. The molecule has 0 aliphatic rings. The fourth-order valence-corrected chi connectivity index (χ4v) is 3.42. The number of thiazole rings is 1. The number of fused-ring (bicyclic) bond motifs is 1. The number of Topliss-reactive ketones (excluding diaryl/α,β-unsaturated/α-hetero) is 1. The SMILES string of the molecule is CCOc1ccc2nc(CC(=O)c3ccccc3C(=O)O)sc2c1. The van der Waals surface area contributed by atoms with E-state index in [-0.39, 0.29) is 23.3 Å². The molecule has 3 aromatic rings. The van der Waals surface area contributed by atoms with Crippen LogP contribution in [-0.4, -0.2) is 28.4 Å². The maximum Gasteiger partial charge on any atom is 0.336 e. The summed E-state index contributed by atoms with van der Waals surface area (Å²) in [6, 6.07) is 11.8. The minimum atomic E-state index is -1.11. The quantitative estimate of drug-likeness (QED) is 0.690. The average Bonchev–Trinajstić information content (AvgIpc) is 2.96. The molecule has 0 fully saturated rings. The fourth-order valence-electron chi connectivity index (χ4n) is 2.43.